The minimum absolute atomic E-state index is 0.351. The van der Waals surface area contributed by atoms with Gasteiger partial charge in [0.2, 0.25) is 3.79 Å². The molecule has 0 aromatic rings. The van der Waals surface area contributed by atoms with Crippen LogP contribution in [0.5, 0.6) is 0 Å². The number of carboxylic acids is 1. The highest BCUT2D eigenvalue weighted by molar-refractivity contribution is 6.68. The van der Waals surface area contributed by atoms with Crippen molar-refractivity contribution in [3.05, 3.63) is 0 Å². The van der Waals surface area contributed by atoms with Crippen molar-refractivity contribution in [2.24, 2.45) is 5.73 Å². The smallest absolute Gasteiger partial charge is 0.305 e. The molecular formula is C4H6Cl3NO2. The van der Waals surface area contributed by atoms with Gasteiger partial charge < -0.3 is 10.8 Å². The quantitative estimate of drug-likeness (QED) is 0.667. The Kier molecular flexibility index (Phi) is 3.73. The van der Waals surface area contributed by atoms with Crippen LogP contribution >= 0.6 is 34.8 Å². The van der Waals surface area contributed by atoms with E-state index >= 15 is 0 Å². The molecule has 0 saturated heterocycles. The van der Waals surface area contributed by atoms with Gasteiger partial charge in [-0.3, -0.25) is 4.79 Å². The van der Waals surface area contributed by atoms with Crippen LogP contribution in [0, 0.1) is 0 Å². The molecule has 1 atom stereocenters. The number of carboxylic acid groups (broad SMARTS) is 1. The van der Waals surface area contributed by atoms with Gasteiger partial charge in [-0.2, -0.15) is 0 Å². The SMILES string of the molecule is N[C@@H](CC(=O)O)C(Cl)(Cl)Cl. The Hall–Kier alpha value is 0.300. The van der Waals surface area contributed by atoms with Crippen LogP contribution in [0.25, 0.3) is 0 Å². The average Bonchev–Trinajstić information content (AvgIpc) is 1.60. The van der Waals surface area contributed by atoms with E-state index in [1.807, 2.05) is 0 Å². The average molecular weight is 206 g/mol. The zero-order chi connectivity index (χ0) is 8.36. The van der Waals surface area contributed by atoms with E-state index in [2.05, 4.69) is 0 Å². The molecule has 0 aliphatic rings. The normalized spacial score (nSPS) is 14.8. The van der Waals surface area contributed by atoms with Crippen LogP contribution in [-0.4, -0.2) is 20.9 Å². The third kappa shape index (κ3) is 4.17. The predicted molar refractivity (Wildman–Crippen MR) is 40.5 cm³/mol. The van der Waals surface area contributed by atoms with Crippen molar-refractivity contribution in [3.8, 4) is 0 Å². The van der Waals surface area contributed by atoms with Crippen LogP contribution in [0.15, 0.2) is 0 Å². The molecular weight excluding hydrogens is 200 g/mol. The summed E-state index contributed by atoms with van der Waals surface area (Å²) in [7, 11) is 0. The molecule has 3 N–H and O–H groups in total. The van der Waals surface area contributed by atoms with E-state index in [1.165, 1.54) is 0 Å². The van der Waals surface area contributed by atoms with Crippen LogP contribution in [0.3, 0.4) is 0 Å². The first-order valence-corrected chi connectivity index (χ1v) is 3.51. The van der Waals surface area contributed by atoms with E-state index in [1.54, 1.807) is 0 Å². The highest BCUT2D eigenvalue weighted by atomic mass is 35.6. The lowest BCUT2D eigenvalue weighted by molar-refractivity contribution is -0.137. The first-order valence-electron chi connectivity index (χ1n) is 2.38. The summed E-state index contributed by atoms with van der Waals surface area (Å²) in [6, 6.07) is -0.963. The Morgan fingerprint density at radius 2 is 2.00 bits per heavy atom. The molecule has 0 fully saturated rings. The van der Waals surface area contributed by atoms with Crippen molar-refractivity contribution in [1.29, 1.82) is 0 Å². The van der Waals surface area contributed by atoms with Crippen LogP contribution in [0.1, 0.15) is 6.42 Å². The van der Waals surface area contributed by atoms with Gasteiger partial charge in [0.1, 0.15) is 0 Å². The van der Waals surface area contributed by atoms with Crippen LogP contribution in [0.4, 0.5) is 0 Å². The standard InChI is InChI=1S/C4H6Cl3NO2/c5-4(6,7)2(8)1-3(9)10/h2H,1,8H2,(H,9,10)/t2-/m0/s1. The number of aliphatic carboxylic acids is 1. The van der Waals surface area contributed by atoms with Gasteiger partial charge in [0.05, 0.1) is 12.5 Å². The van der Waals surface area contributed by atoms with E-state index in [-0.39, 0.29) is 6.42 Å². The van der Waals surface area contributed by atoms with Crippen molar-refractivity contribution >= 4 is 40.8 Å². The molecule has 60 valence electrons. The van der Waals surface area contributed by atoms with Gasteiger partial charge >= 0.3 is 5.97 Å². The number of alkyl halides is 3. The highest BCUT2D eigenvalue weighted by Gasteiger charge is 2.30. The second-order valence-corrected chi connectivity index (χ2v) is 4.11. The topological polar surface area (TPSA) is 63.3 Å². The fraction of sp³-hybridized carbons (Fsp3) is 0.750. The minimum Gasteiger partial charge on any atom is -0.481 e. The summed E-state index contributed by atoms with van der Waals surface area (Å²) >= 11 is 15.8. The molecule has 0 aromatic heterocycles. The molecule has 0 aliphatic carbocycles. The second kappa shape index (κ2) is 3.62. The maximum atomic E-state index is 10.0. The van der Waals surface area contributed by atoms with E-state index in [0.29, 0.717) is 0 Å². The molecule has 0 unspecified atom stereocenters. The second-order valence-electron chi connectivity index (χ2n) is 1.75. The summed E-state index contributed by atoms with van der Waals surface area (Å²) in [5.74, 6) is -1.08. The number of carbonyl (C=O) groups is 1. The fourth-order valence-electron chi connectivity index (χ4n) is 0.304. The molecule has 0 bridgehead atoms. The van der Waals surface area contributed by atoms with Gasteiger partial charge in [-0.25, -0.2) is 0 Å². The summed E-state index contributed by atoms with van der Waals surface area (Å²) in [4.78, 5) is 10.0. The molecule has 0 saturated carbocycles. The Morgan fingerprint density at radius 1 is 1.60 bits per heavy atom. The zero-order valence-corrected chi connectivity index (χ0v) is 7.12. The summed E-state index contributed by atoms with van der Waals surface area (Å²) in [5.41, 5.74) is 5.18. The summed E-state index contributed by atoms with van der Waals surface area (Å²) in [5, 5.41) is 8.19. The van der Waals surface area contributed by atoms with Gasteiger partial charge in [-0.15, -0.1) is 0 Å². The van der Waals surface area contributed by atoms with Crippen LogP contribution < -0.4 is 5.73 Å². The van der Waals surface area contributed by atoms with E-state index in [0.717, 1.165) is 0 Å². The molecule has 0 amide bonds. The minimum atomic E-state index is -1.70. The third-order valence-electron chi connectivity index (χ3n) is 0.815. The van der Waals surface area contributed by atoms with Gasteiger partial charge in [0.15, 0.2) is 0 Å². The maximum absolute atomic E-state index is 10.0. The van der Waals surface area contributed by atoms with Gasteiger partial charge in [-0.1, -0.05) is 34.8 Å². The van der Waals surface area contributed by atoms with Crippen molar-refractivity contribution in [2.75, 3.05) is 0 Å². The van der Waals surface area contributed by atoms with E-state index in [4.69, 9.17) is 45.6 Å². The summed E-state index contributed by atoms with van der Waals surface area (Å²) in [6.07, 6.45) is -0.351. The molecule has 0 spiro atoms. The highest BCUT2D eigenvalue weighted by Crippen LogP contribution is 2.30. The zero-order valence-electron chi connectivity index (χ0n) is 4.85. The largest absolute Gasteiger partial charge is 0.481 e. The monoisotopic (exact) mass is 205 g/mol. The number of halogens is 3. The molecule has 0 heterocycles. The maximum Gasteiger partial charge on any atom is 0.305 e. The molecule has 0 radical (unpaired) electrons. The van der Waals surface area contributed by atoms with Gasteiger partial charge in [-0.05, 0) is 0 Å². The van der Waals surface area contributed by atoms with Crippen molar-refractivity contribution in [2.45, 2.75) is 16.3 Å². The Balaban J connectivity index is 3.85. The van der Waals surface area contributed by atoms with Crippen molar-refractivity contribution in [1.82, 2.24) is 0 Å². The lowest BCUT2D eigenvalue weighted by Crippen LogP contribution is -2.36. The predicted octanol–water partition coefficient (Wildman–Crippen LogP) is 1.16. The lowest BCUT2D eigenvalue weighted by Gasteiger charge is -2.17. The first kappa shape index (κ1) is 10.3. The van der Waals surface area contributed by atoms with E-state index in [9.17, 15) is 4.79 Å². The van der Waals surface area contributed by atoms with Crippen LogP contribution in [0.2, 0.25) is 0 Å². The molecule has 0 aromatic carbocycles. The lowest BCUT2D eigenvalue weighted by atomic mass is 10.2. The van der Waals surface area contributed by atoms with Crippen LogP contribution in [-0.2, 0) is 4.79 Å². The first-order chi connectivity index (χ1) is 4.34. The van der Waals surface area contributed by atoms with Gasteiger partial charge in [0.25, 0.3) is 0 Å². The Bertz CT molecular complexity index is 133. The molecule has 3 nitrogen and oxygen atoms in total. The van der Waals surface area contributed by atoms with E-state index < -0.39 is 15.8 Å². The Labute approximate surface area is 73.0 Å². The summed E-state index contributed by atoms with van der Waals surface area (Å²) < 4.78 is -1.70. The number of nitrogens with two attached hydrogens (primary N) is 1. The van der Waals surface area contributed by atoms with Crippen molar-refractivity contribution in [3.63, 3.8) is 0 Å². The summed E-state index contributed by atoms with van der Waals surface area (Å²) in [6.45, 7) is 0. The number of rotatable bonds is 2. The van der Waals surface area contributed by atoms with Crippen molar-refractivity contribution < 1.29 is 9.90 Å². The number of hydrogen-bond donors (Lipinski definition) is 2. The molecule has 0 aliphatic heterocycles. The molecule has 6 heteroatoms. The molecule has 10 heavy (non-hydrogen) atoms. The third-order valence-corrected chi connectivity index (χ3v) is 1.66. The fourth-order valence-corrected chi connectivity index (χ4v) is 0.535. The number of hydrogen-bond acceptors (Lipinski definition) is 2. The Morgan fingerprint density at radius 3 is 2.10 bits per heavy atom. The van der Waals surface area contributed by atoms with Gasteiger partial charge in [0, 0.05) is 0 Å². The molecule has 0 rings (SSSR count).